The molecule has 1 aromatic carbocycles. The monoisotopic (exact) mass is 254 g/mol. The molecule has 0 atom stereocenters. The van der Waals surface area contributed by atoms with Gasteiger partial charge in [0.25, 0.3) is 0 Å². The van der Waals surface area contributed by atoms with Crippen molar-refractivity contribution in [3.63, 3.8) is 0 Å². The lowest BCUT2D eigenvalue weighted by Crippen LogP contribution is -2.16. The van der Waals surface area contributed by atoms with Crippen LogP contribution in [-0.2, 0) is 0 Å². The summed E-state index contributed by atoms with van der Waals surface area (Å²) in [4.78, 5) is 14.7. The molecule has 2 heterocycles. The SMILES string of the molecule is NC(=O)Oc1ccc2nn(-c3cccnc3)cc2c1. The van der Waals surface area contributed by atoms with Crippen molar-refractivity contribution in [2.45, 2.75) is 0 Å². The van der Waals surface area contributed by atoms with Crippen molar-refractivity contribution in [2.75, 3.05) is 0 Å². The van der Waals surface area contributed by atoms with Gasteiger partial charge in [-0.15, -0.1) is 0 Å². The predicted molar refractivity (Wildman–Crippen MR) is 69.1 cm³/mol. The number of benzene rings is 1. The maximum Gasteiger partial charge on any atom is 0.409 e. The van der Waals surface area contributed by atoms with Crippen LogP contribution in [-0.4, -0.2) is 20.9 Å². The fourth-order valence-electron chi connectivity index (χ4n) is 1.80. The van der Waals surface area contributed by atoms with Crippen LogP contribution in [0.15, 0.2) is 48.9 Å². The molecule has 0 spiro atoms. The molecule has 2 N–H and O–H groups in total. The summed E-state index contributed by atoms with van der Waals surface area (Å²) in [7, 11) is 0. The van der Waals surface area contributed by atoms with E-state index < -0.39 is 6.09 Å². The first-order chi connectivity index (χ1) is 9.22. The van der Waals surface area contributed by atoms with Crippen molar-refractivity contribution in [3.8, 4) is 11.4 Å². The second kappa shape index (κ2) is 4.41. The Morgan fingerprint density at radius 3 is 2.95 bits per heavy atom. The third kappa shape index (κ3) is 2.23. The largest absolute Gasteiger partial charge is 0.410 e. The highest BCUT2D eigenvalue weighted by atomic mass is 16.5. The van der Waals surface area contributed by atoms with Crippen LogP contribution < -0.4 is 10.5 Å². The van der Waals surface area contributed by atoms with Gasteiger partial charge in [-0.2, -0.15) is 5.10 Å². The summed E-state index contributed by atoms with van der Waals surface area (Å²) in [5, 5.41) is 5.26. The number of nitrogens with zero attached hydrogens (tertiary/aromatic N) is 3. The zero-order valence-electron chi connectivity index (χ0n) is 9.85. The van der Waals surface area contributed by atoms with Crippen LogP contribution in [0.2, 0.25) is 0 Å². The fraction of sp³-hybridized carbons (Fsp3) is 0. The Kier molecular flexibility index (Phi) is 2.60. The summed E-state index contributed by atoms with van der Waals surface area (Å²) < 4.78 is 6.54. The zero-order chi connectivity index (χ0) is 13.2. The normalized spacial score (nSPS) is 10.5. The van der Waals surface area contributed by atoms with Crippen LogP contribution in [0.1, 0.15) is 0 Å². The van der Waals surface area contributed by atoms with E-state index in [2.05, 4.69) is 10.1 Å². The molecule has 0 aliphatic rings. The molecule has 0 saturated carbocycles. The number of nitrogens with two attached hydrogens (primary N) is 1. The van der Waals surface area contributed by atoms with Gasteiger partial charge in [-0.1, -0.05) is 0 Å². The Labute approximate surface area is 108 Å². The van der Waals surface area contributed by atoms with Gasteiger partial charge in [-0.3, -0.25) is 4.98 Å². The number of ether oxygens (including phenoxy) is 1. The Morgan fingerprint density at radius 1 is 1.32 bits per heavy atom. The van der Waals surface area contributed by atoms with Crippen LogP contribution in [0, 0.1) is 0 Å². The number of primary amides is 1. The second-order valence-corrected chi connectivity index (χ2v) is 3.93. The van der Waals surface area contributed by atoms with E-state index in [1.54, 1.807) is 35.3 Å². The molecule has 6 heteroatoms. The summed E-state index contributed by atoms with van der Waals surface area (Å²) in [5.74, 6) is 0.394. The number of aromatic nitrogens is 3. The maximum absolute atomic E-state index is 10.7. The van der Waals surface area contributed by atoms with E-state index >= 15 is 0 Å². The first-order valence-corrected chi connectivity index (χ1v) is 5.59. The molecule has 0 aliphatic carbocycles. The van der Waals surface area contributed by atoms with Gasteiger partial charge in [-0.25, -0.2) is 9.48 Å². The smallest absolute Gasteiger partial charge is 0.409 e. The number of pyridine rings is 1. The minimum absolute atomic E-state index is 0.394. The van der Waals surface area contributed by atoms with E-state index in [-0.39, 0.29) is 0 Å². The molecule has 6 nitrogen and oxygen atoms in total. The molecule has 2 aromatic heterocycles. The summed E-state index contributed by atoms with van der Waals surface area (Å²) in [5.41, 5.74) is 6.62. The van der Waals surface area contributed by atoms with Crippen LogP contribution in [0.3, 0.4) is 0 Å². The Balaban J connectivity index is 2.04. The van der Waals surface area contributed by atoms with Crippen LogP contribution in [0.4, 0.5) is 4.79 Å². The highest BCUT2D eigenvalue weighted by molar-refractivity contribution is 5.81. The van der Waals surface area contributed by atoms with Gasteiger partial charge in [-0.05, 0) is 30.3 Å². The lowest BCUT2D eigenvalue weighted by molar-refractivity contribution is 0.211. The molecule has 1 amide bonds. The molecule has 0 radical (unpaired) electrons. The number of amides is 1. The summed E-state index contributed by atoms with van der Waals surface area (Å²) in [6.45, 7) is 0. The zero-order valence-corrected chi connectivity index (χ0v) is 9.85. The number of fused-ring (bicyclic) bond motifs is 1. The standard InChI is InChI=1S/C13H10N4O2/c14-13(18)19-11-3-4-12-9(6-11)8-17(16-12)10-2-1-5-15-7-10/h1-8H,(H2,14,18). The molecule has 0 aliphatic heterocycles. The third-order valence-electron chi connectivity index (χ3n) is 2.60. The number of carbonyl (C=O) groups excluding carboxylic acids is 1. The molecular formula is C13H10N4O2. The van der Waals surface area contributed by atoms with Gasteiger partial charge in [0.05, 0.1) is 17.4 Å². The predicted octanol–water partition coefficient (Wildman–Crippen LogP) is 1.88. The van der Waals surface area contributed by atoms with Crippen molar-refractivity contribution in [3.05, 3.63) is 48.9 Å². The van der Waals surface area contributed by atoms with Gasteiger partial charge in [0.15, 0.2) is 0 Å². The molecule has 0 saturated heterocycles. The molecule has 0 unspecified atom stereocenters. The lowest BCUT2D eigenvalue weighted by Gasteiger charge is -1.98. The van der Waals surface area contributed by atoms with Crippen LogP contribution in [0.5, 0.6) is 5.75 Å². The van der Waals surface area contributed by atoms with E-state index in [9.17, 15) is 4.79 Å². The minimum atomic E-state index is -0.834. The number of rotatable bonds is 2. The van der Waals surface area contributed by atoms with Crippen LogP contribution in [0.25, 0.3) is 16.6 Å². The topological polar surface area (TPSA) is 83.0 Å². The molecule has 0 fully saturated rings. The molecule has 94 valence electrons. The van der Waals surface area contributed by atoms with Crippen LogP contribution >= 0.6 is 0 Å². The van der Waals surface area contributed by atoms with E-state index in [1.807, 2.05) is 18.3 Å². The maximum atomic E-state index is 10.7. The first kappa shape index (κ1) is 11.2. The Morgan fingerprint density at radius 2 is 2.21 bits per heavy atom. The molecule has 19 heavy (non-hydrogen) atoms. The summed E-state index contributed by atoms with van der Waals surface area (Å²) in [6.07, 6.45) is 4.41. The average molecular weight is 254 g/mol. The van der Waals surface area contributed by atoms with Gasteiger partial charge in [0.2, 0.25) is 0 Å². The van der Waals surface area contributed by atoms with E-state index in [0.29, 0.717) is 5.75 Å². The van der Waals surface area contributed by atoms with E-state index in [4.69, 9.17) is 10.5 Å². The van der Waals surface area contributed by atoms with E-state index in [0.717, 1.165) is 16.6 Å². The van der Waals surface area contributed by atoms with Gasteiger partial charge < -0.3 is 10.5 Å². The first-order valence-electron chi connectivity index (χ1n) is 5.59. The van der Waals surface area contributed by atoms with Crippen molar-refractivity contribution in [1.29, 1.82) is 0 Å². The van der Waals surface area contributed by atoms with Crippen molar-refractivity contribution in [2.24, 2.45) is 5.73 Å². The van der Waals surface area contributed by atoms with Gasteiger partial charge in [0, 0.05) is 17.8 Å². The highest BCUT2D eigenvalue weighted by Crippen LogP contribution is 2.21. The van der Waals surface area contributed by atoms with Crippen molar-refractivity contribution < 1.29 is 9.53 Å². The number of hydrogen-bond acceptors (Lipinski definition) is 4. The van der Waals surface area contributed by atoms with Gasteiger partial charge >= 0.3 is 6.09 Å². The molecule has 3 rings (SSSR count). The van der Waals surface area contributed by atoms with Crippen molar-refractivity contribution in [1.82, 2.24) is 14.8 Å². The highest BCUT2D eigenvalue weighted by Gasteiger charge is 2.05. The number of carbonyl (C=O) groups is 1. The third-order valence-corrected chi connectivity index (χ3v) is 2.60. The molecule has 0 bridgehead atoms. The lowest BCUT2D eigenvalue weighted by atomic mass is 10.2. The molecule has 3 aromatic rings. The molecular weight excluding hydrogens is 244 g/mol. The summed E-state index contributed by atoms with van der Waals surface area (Å²) in [6, 6.07) is 8.86. The minimum Gasteiger partial charge on any atom is -0.410 e. The summed E-state index contributed by atoms with van der Waals surface area (Å²) >= 11 is 0. The average Bonchev–Trinajstić information content (AvgIpc) is 2.82. The van der Waals surface area contributed by atoms with E-state index in [1.165, 1.54) is 0 Å². The number of hydrogen-bond donors (Lipinski definition) is 1. The Bertz CT molecular complexity index is 737. The van der Waals surface area contributed by atoms with Crippen molar-refractivity contribution >= 4 is 17.0 Å². The Hall–Kier alpha value is -2.89. The second-order valence-electron chi connectivity index (χ2n) is 3.93. The van der Waals surface area contributed by atoms with Gasteiger partial charge in [0.1, 0.15) is 5.75 Å². The fourth-order valence-corrected chi connectivity index (χ4v) is 1.80. The quantitative estimate of drug-likeness (QED) is 0.756.